The molecule has 0 aliphatic rings. The number of rotatable bonds is 4. The van der Waals surface area contributed by atoms with Gasteiger partial charge in [-0.1, -0.05) is 58.0 Å². The molecular formula is C12H5Cl5O4. The molecule has 1 heterocycles. The minimum absolute atomic E-state index is 0.00100. The molecule has 1 N–H and O–H groups in total. The third kappa shape index (κ3) is 3.35. The van der Waals surface area contributed by atoms with Crippen LogP contribution in [0.15, 0.2) is 16.5 Å². The molecule has 2 rings (SSSR count). The second-order valence-electron chi connectivity index (χ2n) is 3.76. The number of halogens is 5. The molecule has 112 valence electrons. The number of hydrogen-bond acceptors (Lipinski definition) is 3. The Balaban J connectivity index is 2.26. The van der Waals surface area contributed by atoms with Crippen LogP contribution in [0.25, 0.3) is 0 Å². The van der Waals surface area contributed by atoms with Crippen molar-refractivity contribution in [3.63, 3.8) is 0 Å². The van der Waals surface area contributed by atoms with E-state index in [4.69, 9.17) is 72.3 Å². The van der Waals surface area contributed by atoms with Crippen molar-refractivity contribution in [2.75, 3.05) is 0 Å². The van der Waals surface area contributed by atoms with Crippen molar-refractivity contribution in [3.05, 3.63) is 48.8 Å². The van der Waals surface area contributed by atoms with E-state index in [-0.39, 0.29) is 49.0 Å². The number of benzene rings is 1. The van der Waals surface area contributed by atoms with Crippen LogP contribution in [0.1, 0.15) is 16.3 Å². The maximum Gasteiger partial charge on any atom is 0.371 e. The predicted molar refractivity (Wildman–Crippen MR) is 81.5 cm³/mol. The molecule has 1 aromatic heterocycles. The molecule has 0 amide bonds. The van der Waals surface area contributed by atoms with Gasteiger partial charge in [-0.15, -0.1) is 0 Å². The molecule has 0 atom stereocenters. The Morgan fingerprint density at radius 1 is 1.00 bits per heavy atom. The number of furan rings is 1. The molecular weight excluding hydrogens is 385 g/mol. The lowest BCUT2D eigenvalue weighted by Crippen LogP contribution is -1.97. The highest BCUT2D eigenvalue weighted by Crippen LogP contribution is 2.48. The van der Waals surface area contributed by atoms with E-state index in [1.54, 1.807) is 0 Å². The van der Waals surface area contributed by atoms with Crippen LogP contribution in [0.3, 0.4) is 0 Å². The molecule has 0 aliphatic carbocycles. The summed E-state index contributed by atoms with van der Waals surface area (Å²) in [5, 5.41) is 8.79. The molecule has 0 bridgehead atoms. The molecule has 9 heteroatoms. The van der Waals surface area contributed by atoms with Gasteiger partial charge in [-0.25, -0.2) is 4.79 Å². The van der Waals surface area contributed by atoms with Gasteiger partial charge in [0.1, 0.15) is 22.4 Å². The largest absolute Gasteiger partial charge is 0.482 e. The van der Waals surface area contributed by atoms with Crippen molar-refractivity contribution >= 4 is 64.0 Å². The van der Waals surface area contributed by atoms with Crippen LogP contribution in [-0.2, 0) is 6.61 Å². The maximum atomic E-state index is 10.7. The Bertz CT molecular complexity index is 681. The van der Waals surface area contributed by atoms with E-state index in [2.05, 4.69) is 0 Å². The molecule has 1 aromatic carbocycles. The first kappa shape index (κ1) is 16.6. The smallest absolute Gasteiger partial charge is 0.371 e. The first-order valence-corrected chi connectivity index (χ1v) is 7.18. The van der Waals surface area contributed by atoms with Gasteiger partial charge in [0.2, 0.25) is 5.76 Å². The van der Waals surface area contributed by atoms with Gasteiger partial charge in [0, 0.05) is 0 Å². The lowest BCUT2D eigenvalue weighted by atomic mass is 10.3. The minimum Gasteiger partial charge on any atom is -0.482 e. The van der Waals surface area contributed by atoms with Crippen LogP contribution >= 0.6 is 58.0 Å². The molecule has 21 heavy (non-hydrogen) atoms. The SMILES string of the molecule is O=C(O)c1ccc(COc2c(Cl)c(Cl)c(Cl)c(Cl)c2Cl)o1. The number of ether oxygens (including phenoxy) is 1. The number of carboxylic acids is 1. The summed E-state index contributed by atoms with van der Waals surface area (Å²) < 4.78 is 10.4. The molecule has 0 saturated carbocycles. The Morgan fingerprint density at radius 2 is 1.52 bits per heavy atom. The zero-order valence-electron chi connectivity index (χ0n) is 9.92. The molecule has 0 saturated heterocycles. The fraction of sp³-hybridized carbons (Fsp3) is 0.0833. The van der Waals surface area contributed by atoms with Gasteiger partial charge in [-0.05, 0) is 12.1 Å². The molecule has 2 aromatic rings. The molecule has 0 unspecified atom stereocenters. The zero-order chi connectivity index (χ0) is 15.7. The van der Waals surface area contributed by atoms with Crippen molar-refractivity contribution in [2.45, 2.75) is 6.61 Å². The summed E-state index contributed by atoms with van der Waals surface area (Å²) in [6.07, 6.45) is 0. The first-order valence-electron chi connectivity index (χ1n) is 5.29. The number of hydrogen-bond donors (Lipinski definition) is 1. The van der Waals surface area contributed by atoms with Crippen LogP contribution in [-0.4, -0.2) is 11.1 Å². The second kappa shape index (κ2) is 6.55. The Morgan fingerprint density at radius 3 is 2.00 bits per heavy atom. The molecule has 4 nitrogen and oxygen atoms in total. The average Bonchev–Trinajstić information content (AvgIpc) is 2.92. The summed E-state index contributed by atoms with van der Waals surface area (Å²) in [5.41, 5.74) is 0. The fourth-order valence-electron chi connectivity index (χ4n) is 1.43. The van der Waals surface area contributed by atoms with E-state index in [1.165, 1.54) is 12.1 Å². The summed E-state index contributed by atoms with van der Waals surface area (Å²) in [7, 11) is 0. The monoisotopic (exact) mass is 388 g/mol. The average molecular weight is 390 g/mol. The second-order valence-corrected chi connectivity index (χ2v) is 5.65. The van der Waals surface area contributed by atoms with Crippen LogP contribution in [0.5, 0.6) is 5.75 Å². The molecule has 0 spiro atoms. The van der Waals surface area contributed by atoms with Gasteiger partial charge in [-0.2, -0.15) is 0 Å². The number of aromatic carboxylic acids is 1. The standard InChI is InChI=1S/C12H5Cl5O4/c13-6-7(14)9(16)11(10(17)8(6)15)20-3-4-1-2-5(21-4)12(18)19/h1-2H,3H2,(H,18,19). The highest BCUT2D eigenvalue weighted by Gasteiger charge is 2.21. The van der Waals surface area contributed by atoms with Gasteiger partial charge < -0.3 is 14.3 Å². The van der Waals surface area contributed by atoms with Crippen molar-refractivity contribution < 1.29 is 19.1 Å². The van der Waals surface area contributed by atoms with Crippen molar-refractivity contribution in [3.8, 4) is 5.75 Å². The number of carboxylic acid groups (broad SMARTS) is 1. The minimum atomic E-state index is -1.19. The highest BCUT2D eigenvalue weighted by atomic mass is 35.5. The summed E-state index contributed by atoms with van der Waals surface area (Å²) in [5.74, 6) is -1.10. The summed E-state index contributed by atoms with van der Waals surface area (Å²) in [6, 6.07) is 2.75. The van der Waals surface area contributed by atoms with E-state index >= 15 is 0 Å². The van der Waals surface area contributed by atoms with Gasteiger partial charge in [-0.3, -0.25) is 0 Å². The topological polar surface area (TPSA) is 59.7 Å². The van der Waals surface area contributed by atoms with Gasteiger partial charge >= 0.3 is 5.97 Å². The Kier molecular flexibility index (Phi) is 5.17. The van der Waals surface area contributed by atoms with Crippen molar-refractivity contribution in [2.24, 2.45) is 0 Å². The normalized spacial score (nSPS) is 10.7. The lowest BCUT2D eigenvalue weighted by molar-refractivity contribution is 0.0658. The van der Waals surface area contributed by atoms with E-state index in [1.807, 2.05) is 0 Å². The van der Waals surface area contributed by atoms with Crippen LogP contribution in [0.2, 0.25) is 25.1 Å². The van der Waals surface area contributed by atoms with Gasteiger partial charge in [0.15, 0.2) is 5.75 Å². The van der Waals surface area contributed by atoms with E-state index in [0.29, 0.717) is 0 Å². The quantitative estimate of drug-likeness (QED) is 0.528. The predicted octanol–water partition coefficient (Wildman–Crippen LogP) is 5.82. The maximum absolute atomic E-state index is 10.7. The van der Waals surface area contributed by atoms with Crippen molar-refractivity contribution in [1.82, 2.24) is 0 Å². The third-order valence-corrected chi connectivity index (χ3v) is 4.64. The Hall–Kier alpha value is -0.780. The van der Waals surface area contributed by atoms with Crippen LogP contribution < -0.4 is 4.74 Å². The summed E-state index contributed by atoms with van der Waals surface area (Å²) >= 11 is 29.6. The van der Waals surface area contributed by atoms with E-state index in [0.717, 1.165) is 0 Å². The van der Waals surface area contributed by atoms with Crippen LogP contribution in [0, 0.1) is 0 Å². The first-order chi connectivity index (χ1) is 9.82. The van der Waals surface area contributed by atoms with Crippen LogP contribution in [0.4, 0.5) is 0 Å². The highest BCUT2D eigenvalue weighted by molar-refractivity contribution is 6.55. The van der Waals surface area contributed by atoms with Crippen molar-refractivity contribution in [1.29, 1.82) is 0 Å². The van der Waals surface area contributed by atoms with Gasteiger partial charge in [0.05, 0.1) is 15.1 Å². The molecule has 0 fully saturated rings. The summed E-state index contributed by atoms with van der Waals surface area (Å²) in [6.45, 7) is -0.110. The molecule has 0 radical (unpaired) electrons. The zero-order valence-corrected chi connectivity index (χ0v) is 13.7. The van der Waals surface area contributed by atoms with E-state index < -0.39 is 5.97 Å². The van der Waals surface area contributed by atoms with Gasteiger partial charge in [0.25, 0.3) is 0 Å². The third-order valence-electron chi connectivity index (χ3n) is 2.40. The Labute approximate surface area is 144 Å². The lowest BCUT2D eigenvalue weighted by Gasteiger charge is -2.12. The fourth-order valence-corrected chi connectivity index (χ4v) is 2.66. The summed E-state index contributed by atoms with van der Waals surface area (Å²) in [4.78, 5) is 10.7. The number of carbonyl (C=O) groups is 1. The molecule has 0 aliphatic heterocycles. The van der Waals surface area contributed by atoms with E-state index in [9.17, 15) is 4.79 Å².